The van der Waals surface area contributed by atoms with Gasteiger partial charge in [0, 0.05) is 17.4 Å². The van der Waals surface area contributed by atoms with Crippen LogP contribution in [0, 0.1) is 5.92 Å². The average Bonchev–Trinajstić information content (AvgIpc) is 3.05. The Kier molecular flexibility index (Phi) is 3.11. The SMILES string of the molecule is CCC(=O)C(c1ccc(Cl)cc1)C1CC1. The molecule has 15 heavy (non-hydrogen) atoms. The van der Waals surface area contributed by atoms with E-state index in [1.54, 1.807) is 0 Å². The molecule has 2 heteroatoms. The highest BCUT2D eigenvalue weighted by atomic mass is 35.5. The van der Waals surface area contributed by atoms with Crippen LogP contribution < -0.4 is 0 Å². The highest BCUT2D eigenvalue weighted by Gasteiger charge is 2.35. The molecule has 0 radical (unpaired) electrons. The minimum Gasteiger partial charge on any atom is -0.299 e. The van der Waals surface area contributed by atoms with E-state index in [1.807, 2.05) is 31.2 Å². The number of carbonyl (C=O) groups is 1. The topological polar surface area (TPSA) is 17.1 Å². The maximum atomic E-state index is 11.8. The van der Waals surface area contributed by atoms with Crippen LogP contribution in [-0.4, -0.2) is 5.78 Å². The minimum atomic E-state index is 0.118. The van der Waals surface area contributed by atoms with Crippen LogP contribution in [0.1, 0.15) is 37.7 Å². The first-order valence-corrected chi connectivity index (χ1v) is 5.88. The van der Waals surface area contributed by atoms with Crippen molar-refractivity contribution in [2.24, 2.45) is 5.92 Å². The first-order valence-electron chi connectivity index (χ1n) is 5.50. The van der Waals surface area contributed by atoms with E-state index in [4.69, 9.17) is 11.6 Å². The molecule has 0 aliphatic heterocycles. The zero-order valence-corrected chi connectivity index (χ0v) is 9.63. The summed E-state index contributed by atoms with van der Waals surface area (Å²) in [5, 5.41) is 0.734. The van der Waals surface area contributed by atoms with Gasteiger partial charge in [-0.15, -0.1) is 0 Å². The largest absolute Gasteiger partial charge is 0.299 e. The molecule has 1 unspecified atom stereocenters. The third kappa shape index (κ3) is 2.40. The lowest BCUT2D eigenvalue weighted by molar-refractivity contribution is -0.120. The summed E-state index contributed by atoms with van der Waals surface area (Å²) in [6.45, 7) is 1.94. The third-order valence-corrected chi connectivity index (χ3v) is 3.27. The molecule has 0 spiro atoms. The maximum absolute atomic E-state index is 11.8. The molecule has 1 nitrogen and oxygen atoms in total. The minimum absolute atomic E-state index is 0.118. The van der Waals surface area contributed by atoms with E-state index in [1.165, 1.54) is 12.8 Å². The summed E-state index contributed by atoms with van der Waals surface area (Å²) in [6, 6.07) is 7.71. The predicted octanol–water partition coefficient (Wildman–Crippen LogP) is 3.81. The van der Waals surface area contributed by atoms with E-state index in [0.717, 1.165) is 10.6 Å². The summed E-state index contributed by atoms with van der Waals surface area (Å²) in [5.74, 6) is 1.06. The van der Waals surface area contributed by atoms with Crippen molar-refractivity contribution in [3.8, 4) is 0 Å². The molecule has 1 atom stereocenters. The van der Waals surface area contributed by atoms with Gasteiger partial charge >= 0.3 is 0 Å². The summed E-state index contributed by atoms with van der Waals surface area (Å²) in [5.41, 5.74) is 1.13. The number of carbonyl (C=O) groups excluding carboxylic acids is 1. The Morgan fingerprint density at radius 2 is 2.00 bits per heavy atom. The summed E-state index contributed by atoms with van der Waals surface area (Å²) in [4.78, 5) is 11.8. The molecule has 1 aromatic rings. The Labute approximate surface area is 95.4 Å². The van der Waals surface area contributed by atoms with Crippen LogP contribution in [-0.2, 0) is 4.79 Å². The Hall–Kier alpha value is -0.820. The molecule has 80 valence electrons. The van der Waals surface area contributed by atoms with Crippen LogP contribution >= 0.6 is 11.6 Å². The molecule has 2 rings (SSSR count). The summed E-state index contributed by atoms with van der Waals surface area (Å²) < 4.78 is 0. The fourth-order valence-electron chi connectivity index (χ4n) is 2.04. The normalized spacial score (nSPS) is 17.5. The first-order chi connectivity index (χ1) is 7.22. The van der Waals surface area contributed by atoms with E-state index in [0.29, 0.717) is 18.1 Å². The van der Waals surface area contributed by atoms with Gasteiger partial charge in [0.15, 0.2) is 0 Å². The van der Waals surface area contributed by atoms with Crippen molar-refractivity contribution in [2.75, 3.05) is 0 Å². The van der Waals surface area contributed by atoms with Gasteiger partial charge < -0.3 is 0 Å². The molecule has 0 N–H and O–H groups in total. The molecular formula is C13H15ClO. The molecule has 1 aromatic carbocycles. The van der Waals surface area contributed by atoms with Crippen molar-refractivity contribution in [1.29, 1.82) is 0 Å². The lowest BCUT2D eigenvalue weighted by atomic mass is 9.89. The summed E-state index contributed by atoms with van der Waals surface area (Å²) >= 11 is 5.84. The van der Waals surface area contributed by atoms with Crippen molar-refractivity contribution in [1.82, 2.24) is 0 Å². The van der Waals surface area contributed by atoms with Crippen LogP contribution in [0.4, 0.5) is 0 Å². The number of rotatable bonds is 4. The van der Waals surface area contributed by atoms with Gasteiger partial charge in [-0.1, -0.05) is 30.7 Å². The second-order valence-electron chi connectivity index (χ2n) is 4.19. The number of benzene rings is 1. The fourth-order valence-corrected chi connectivity index (χ4v) is 2.17. The van der Waals surface area contributed by atoms with Crippen molar-refractivity contribution in [3.63, 3.8) is 0 Å². The smallest absolute Gasteiger partial charge is 0.140 e. The molecule has 0 saturated heterocycles. The fraction of sp³-hybridized carbons (Fsp3) is 0.462. The zero-order valence-electron chi connectivity index (χ0n) is 8.87. The Morgan fingerprint density at radius 1 is 1.40 bits per heavy atom. The molecular weight excluding hydrogens is 208 g/mol. The van der Waals surface area contributed by atoms with Crippen molar-refractivity contribution in [3.05, 3.63) is 34.9 Å². The molecule has 0 bridgehead atoms. The van der Waals surface area contributed by atoms with E-state index < -0.39 is 0 Å². The average molecular weight is 223 g/mol. The lowest BCUT2D eigenvalue weighted by Gasteiger charge is -2.14. The zero-order chi connectivity index (χ0) is 10.8. The Balaban J connectivity index is 2.24. The van der Waals surface area contributed by atoms with Crippen LogP contribution in [0.25, 0.3) is 0 Å². The number of hydrogen-bond acceptors (Lipinski definition) is 1. The standard InChI is InChI=1S/C13H15ClO/c1-2-12(15)13(9-3-4-9)10-5-7-11(14)8-6-10/h5-9,13H,2-4H2,1H3. The van der Waals surface area contributed by atoms with Crippen LogP contribution in [0.2, 0.25) is 5.02 Å². The quantitative estimate of drug-likeness (QED) is 0.757. The van der Waals surface area contributed by atoms with Crippen molar-refractivity contribution in [2.45, 2.75) is 32.1 Å². The Bertz CT molecular complexity index is 351. The van der Waals surface area contributed by atoms with E-state index in [9.17, 15) is 4.79 Å². The monoisotopic (exact) mass is 222 g/mol. The van der Waals surface area contributed by atoms with Gasteiger partial charge in [-0.05, 0) is 36.5 Å². The van der Waals surface area contributed by atoms with Crippen molar-refractivity contribution < 1.29 is 4.79 Å². The van der Waals surface area contributed by atoms with Gasteiger partial charge in [0.05, 0.1) is 0 Å². The lowest BCUT2D eigenvalue weighted by Crippen LogP contribution is -2.13. The molecule has 0 amide bonds. The first kappa shape index (κ1) is 10.7. The molecule has 1 aliphatic carbocycles. The summed E-state index contributed by atoms with van der Waals surface area (Å²) in [7, 11) is 0. The van der Waals surface area contributed by atoms with Crippen LogP contribution in [0.3, 0.4) is 0 Å². The summed E-state index contributed by atoms with van der Waals surface area (Å²) in [6.07, 6.45) is 3.02. The second-order valence-corrected chi connectivity index (χ2v) is 4.62. The van der Waals surface area contributed by atoms with Gasteiger partial charge in [0.25, 0.3) is 0 Å². The molecule has 1 fully saturated rings. The van der Waals surface area contributed by atoms with Gasteiger partial charge in [0.2, 0.25) is 0 Å². The Morgan fingerprint density at radius 3 is 2.47 bits per heavy atom. The third-order valence-electron chi connectivity index (χ3n) is 3.02. The molecule has 1 saturated carbocycles. The van der Waals surface area contributed by atoms with E-state index >= 15 is 0 Å². The number of halogens is 1. The van der Waals surface area contributed by atoms with Gasteiger partial charge in [-0.25, -0.2) is 0 Å². The number of hydrogen-bond donors (Lipinski definition) is 0. The molecule has 0 heterocycles. The predicted molar refractivity (Wildman–Crippen MR) is 62.2 cm³/mol. The maximum Gasteiger partial charge on any atom is 0.140 e. The molecule has 0 aromatic heterocycles. The molecule has 1 aliphatic rings. The van der Waals surface area contributed by atoms with Crippen LogP contribution in [0.15, 0.2) is 24.3 Å². The highest BCUT2D eigenvalue weighted by molar-refractivity contribution is 6.30. The van der Waals surface area contributed by atoms with E-state index in [-0.39, 0.29) is 5.92 Å². The number of Topliss-reactive ketones (excluding diaryl/α,β-unsaturated/α-hetero) is 1. The van der Waals surface area contributed by atoms with Gasteiger partial charge in [-0.3, -0.25) is 4.79 Å². The highest BCUT2D eigenvalue weighted by Crippen LogP contribution is 2.43. The van der Waals surface area contributed by atoms with Gasteiger partial charge in [0.1, 0.15) is 5.78 Å². The van der Waals surface area contributed by atoms with Crippen LogP contribution in [0.5, 0.6) is 0 Å². The number of ketones is 1. The second kappa shape index (κ2) is 4.36. The van der Waals surface area contributed by atoms with Gasteiger partial charge in [-0.2, -0.15) is 0 Å². The van der Waals surface area contributed by atoms with Crippen molar-refractivity contribution >= 4 is 17.4 Å². The van der Waals surface area contributed by atoms with E-state index in [2.05, 4.69) is 0 Å².